The van der Waals surface area contributed by atoms with Crippen molar-refractivity contribution in [3.05, 3.63) is 142 Å². The number of aromatic nitrogens is 10. The first kappa shape index (κ1) is 28.0. The van der Waals surface area contributed by atoms with Crippen molar-refractivity contribution >= 4 is 46.5 Å². The highest BCUT2D eigenvalue weighted by molar-refractivity contribution is 7.71. The van der Waals surface area contributed by atoms with E-state index in [1.54, 1.807) is 0 Å². The Morgan fingerprint density at radius 2 is 0.848 bits per heavy atom. The minimum atomic E-state index is 0.436. The summed E-state index contributed by atoms with van der Waals surface area (Å²) in [7, 11) is 0. The fourth-order valence-electron chi connectivity index (χ4n) is 5.90. The van der Waals surface area contributed by atoms with Crippen LogP contribution in [0.3, 0.4) is 0 Å². The van der Waals surface area contributed by atoms with Crippen LogP contribution in [0.4, 0.5) is 0 Å². The summed E-state index contributed by atoms with van der Waals surface area (Å²) in [6.45, 7) is 2.09. The molecule has 0 saturated heterocycles. The molecule has 0 unspecified atom stereocenters. The molecule has 0 aliphatic rings. The molecule has 0 aliphatic heterocycles. The maximum atomic E-state index is 5.67. The first-order chi connectivity index (χ1) is 22.6. The number of hydrogen-bond acceptors (Lipinski definition) is 6. The molecule has 8 aromatic rings. The van der Waals surface area contributed by atoms with Crippen LogP contribution >= 0.6 is 24.4 Å². The number of imidazole rings is 2. The molecule has 4 aromatic carbocycles. The van der Waals surface area contributed by atoms with Gasteiger partial charge in [-0.05, 0) is 59.8 Å². The molecule has 0 saturated carbocycles. The molecule has 12 heteroatoms. The van der Waals surface area contributed by atoms with Crippen LogP contribution in [0.1, 0.15) is 22.8 Å². The van der Waals surface area contributed by atoms with Crippen LogP contribution in [-0.2, 0) is 26.2 Å². The molecule has 0 bridgehead atoms. The average molecular weight is 641 g/mol. The number of hydrogen-bond donors (Lipinski definition) is 2. The van der Waals surface area contributed by atoms with Crippen LogP contribution in [0.25, 0.3) is 33.7 Å². The van der Waals surface area contributed by atoms with Gasteiger partial charge < -0.3 is 9.13 Å². The van der Waals surface area contributed by atoms with Gasteiger partial charge in [0, 0.05) is 0 Å². The van der Waals surface area contributed by atoms with E-state index in [1.165, 1.54) is 0 Å². The summed E-state index contributed by atoms with van der Waals surface area (Å²) >= 11 is 11.3. The van der Waals surface area contributed by atoms with Crippen LogP contribution in [0.5, 0.6) is 0 Å². The molecule has 0 fully saturated rings. The minimum Gasteiger partial charge on any atom is -0.314 e. The van der Waals surface area contributed by atoms with E-state index < -0.39 is 0 Å². The Balaban J connectivity index is 1.26. The second-order valence-electron chi connectivity index (χ2n) is 11.1. The van der Waals surface area contributed by atoms with Gasteiger partial charge in [-0.3, -0.25) is 19.3 Å². The zero-order chi connectivity index (χ0) is 31.0. The van der Waals surface area contributed by atoms with Crippen molar-refractivity contribution in [1.82, 2.24) is 48.6 Å². The molecule has 0 spiro atoms. The summed E-state index contributed by atoms with van der Waals surface area (Å²) in [4.78, 5) is 10.3. The van der Waals surface area contributed by atoms with E-state index in [0.29, 0.717) is 35.7 Å². The van der Waals surface area contributed by atoms with Crippen molar-refractivity contribution in [2.45, 2.75) is 26.2 Å². The molecule has 10 nitrogen and oxygen atoms in total. The van der Waals surface area contributed by atoms with Crippen LogP contribution in [-0.4, -0.2) is 48.6 Å². The first-order valence-electron chi connectivity index (χ1n) is 14.9. The van der Waals surface area contributed by atoms with Crippen LogP contribution < -0.4 is 0 Å². The molecule has 0 radical (unpaired) electrons. The predicted molar refractivity (Wildman–Crippen MR) is 183 cm³/mol. The van der Waals surface area contributed by atoms with E-state index in [1.807, 2.05) is 81.9 Å². The molecule has 2 N–H and O–H groups in total. The van der Waals surface area contributed by atoms with Crippen molar-refractivity contribution in [3.63, 3.8) is 0 Å². The Morgan fingerprint density at radius 1 is 0.457 bits per heavy atom. The maximum Gasteiger partial charge on any atom is 0.195 e. The van der Waals surface area contributed by atoms with Gasteiger partial charge in [0.25, 0.3) is 0 Å². The van der Waals surface area contributed by atoms with E-state index in [-0.39, 0.29) is 0 Å². The van der Waals surface area contributed by atoms with Gasteiger partial charge in [0.2, 0.25) is 0 Å². The topological polar surface area (TPSA) is 103 Å². The van der Waals surface area contributed by atoms with Crippen LogP contribution in [0, 0.1) is 9.54 Å². The number of benzene rings is 4. The number of fused-ring (bicyclic) bond motifs is 2. The second kappa shape index (κ2) is 11.8. The lowest BCUT2D eigenvalue weighted by molar-refractivity contribution is 0.659. The molecular weight excluding hydrogens is 613 g/mol. The van der Waals surface area contributed by atoms with E-state index in [0.717, 1.165) is 56.5 Å². The summed E-state index contributed by atoms with van der Waals surface area (Å²) in [6.07, 6.45) is 0. The van der Waals surface area contributed by atoms with Gasteiger partial charge in [-0.2, -0.15) is 10.2 Å². The summed E-state index contributed by atoms with van der Waals surface area (Å²) < 4.78 is 9.54. The van der Waals surface area contributed by atoms with Crippen LogP contribution in [0.2, 0.25) is 0 Å². The lowest BCUT2D eigenvalue weighted by Crippen LogP contribution is -2.14. The van der Waals surface area contributed by atoms with Crippen molar-refractivity contribution in [2.75, 3.05) is 0 Å². The average Bonchev–Trinajstić information content (AvgIpc) is 3.84. The number of H-pyrrole nitrogens is 2. The second-order valence-corrected chi connectivity index (χ2v) is 11.8. The minimum absolute atomic E-state index is 0.436. The number of para-hydroxylation sites is 4. The summed E-state index contributed by atoms with van der Waals surface area (Å²) in [5.74, 6) is 3.04. The number of nitrogens with one attached hydrogen (secondary N) is 2. The highest BCUT2D eigenvalue weighted by atomic mass is 32.1. The molecule has 46 heavy (non-hydrogen) atoms. The SMILES string of the molecule is S=c1[nH]nc(Cn2c(-c3nc4ccccc4n3Cc3n[nH]c(=S)n3Cc3ccccc3)nc3ccccc32)n1Cc1ccccc1. The Labute approximate surface area is 273 Å². The van der Waals surface area contributed by atoms with Crippen molar-refractivity contribution in [3.8, 4) is 11.6 Å². The fraction of sp³-hybridized carbons (Fsp3) is 0.118. The van der Waals surface area contributed by atoms with E-state index >= 15 is 0 Å². The number of nitrogens with zero attached hydrogens (tertiary/aromatic N) is 8. The number of rotatable bonds is 9. The molecule has 0 amide bonds. The first-order valence-corrected chi connectivity index (χ1v) is 15.7. The quantitative estimate of drug-likeness (QED) is 0.169. The van der Waals surface area contributed by atoms with Crippen LogP contribution in [0.15, 0.2) is 109 Å². The van der Waals surface area contributed by atoms with Crippen molar-refractivity contribution < 1.29 is 0 Å². The molecular formula is C34H28N10S2. The zero-order valence-corrected chi connectivity index (χ0v) is 26.2. The molecule has 0 atom stereocenters. The van der Waals surface area contributed by atoms with Gasteiger partial charge >= 0.3 is 0 Å². The van der Waals surface area contributed by atoms with Gasteiger partial charge in [0.15, 0.2) is 32.8 Å². The largest absolute Gasteiger partial charge is 0.314 e. The molecule has 4 heterocycles. The van der Waals surface area contributed by atoms with Gasteiger partial charge in [-0.15, -0.1) is 0 Å². The Morgan fingerprint density at radius 3 is 1.28 bits per heavy atom. The number of aromatic amines is 2. The summed E-state index contributed by atoms with van der Waals surface area (Å²) in [5.41, 5.74) is 5.97. The lowest BCUT2D eigenvalue weighted by Gasteiger charge is -2.13. The highest BCUT2D eigenvalue weighted by Gasteiger charge is 2.23. The molecule has 4 aromatic heterocycles. The lowest BCUT2D eigenvalue weighted by atomic mass is 10.2. The van der Waals surface area contributed by atoms with Crippen molar-refractivity contribution in [2.24, 2.45) is 0 Å². The smallest absolute Gasteiger partial charge is 0.195 e. The summed E-state index contributed by atoms with van der Waals surface area (Å²) in [6, 6.07) is 36.7. The third kappa shape index (κ3) is 5.17. The Kier molecular flexibility index (Phi) is 7.20. The molecule has 8 rings (SSSR count). The monoisotopic (exact) mass is 640 g/mol. The van der Waals surface area contributed by atoms with Gasteiger partial charge in [-0.25, -0.2) is 9.97 Å². The van der Waals surface area contributed by atoms with E-state index in [4.69, 9.17) is 34.4 Å². The Hall–Kier alpha value is -5.46. The standard InChI is InChI=1S/C34H28N10S2/c45-33-39-37-29(43(33)19-23-11-3-1-4-12-23)21-41-27-17-9-7-15-25(27)35-31(41)32-36-26-16-8-10-18-28(26)42(32)22-30-38-40-34(46)44(30)20-24-13-5-2-6-14-24/h1-18H,19-22H2,(H,39,45)(H,40,46). The summed E-state index contributed by atoms with van der Waals surface area (Å²) in [5, 5.41) is 15.3. The van der Waals surface area contributed by atoms with Gasteiger partial charge in [0.05, 0.1) is 48.2 Å². The normalized spacial score (nSPS) is 11.6. The molecule has 226 valence electrons. The predicted octanol–water partition coefficient (Wildman–Crippen LogP) is 6.75. The Bertz CT molecular complexity index is 2260. The fourth-order valence-corrected chi connectivity index (χ4v) is 6.33. The van der Waals surface area contributed by atoms with E-state index in [9.17, 15) is 0 Å². The third-order valence-corrected chi connectivity index (χ3v) is 8.77. The zero-order valence-electron chi connectivity index (χ0n) is 24.6. The molecule has 0 aliphatic carbocycles. The van der Waals surface area contributed by atoms with Gasteiger partial charge in [-0.1, -0.05) is 84.9 Å². The van der Waals surface area contributed by atoms with Gasteiger partial charge in [0.1, 0.15) is 0 Å². The highest BCUT2D eigenvalue weighted by Crippen LogP contribution is 2.29. The van der Waals surface area contributed by atoms with E-state index in [2.05, 4.69) is 65.9 Å². The third-order valence-electron chi connectivity index (χ3n) is 8.15. The van der Waals surface area contributed by atoms with Crippen molar-refractivity contribution in [1.29, 1.82) is 0 Å². The maximum absolute atomic E-state index is 5.67.